The Bertz CT molecular complexity index is 586. The lowest BCUT2D eigenvalue weighted by Gasteiger charge is -2.34. The SMILES string of the molecule is CC(C)CCNC(=O)[C@@]1(C)CCC(=O)N1CCc1ccc(Cl)cc1. The first kappa shape index (κ1) is 18.8. The highest BCUT2D eigenvalue weighted by molar-refractivity contribution is 6.30. The second-order valence-corrected chi connectivity index (χ2v) is 7.57. The van der Waals surface area contributed by atoms with E-state index >= 15 is 0 Å². The van der Waals surface area contributed by atoms with Gasteiger partial charge in [0.1, 0.15) is 5.54 Å². The fraction of sp³-hybridized carbons (Fsp3) is 0.579. The van der Waals surface area contributed by atoms with E-state index in [1.54, 1.807) is 4.90 Å². The summed E-state index contributed by atoms with van der Waals surface area (Å²) in [6.45, 7) is 7.35. The van der Waals surface area contributed by atoms with Crippen LogP contribution in [0.25, 0.3) is 0 Å². The van der Waals surface area contributed by atoms with Gasteiger partial charge in [-0.05, 0) is 49.8 Å². The van der Waals surface area contributed by atoms with Crippen LogP contribution in [0.2, 0.25) is 5.02 Å². The van der Waals surface area contributed by atoms with Crippen LogP contribution >= 0.6 is 11.6 Å². The number of carbonyl (C=O) groups is 2. The maximum atomic E-state index is 12.6. The summed E-state index contributed by atoms with van der Waals surface area (Å²) >= 11 is 5.90. The topological polar surface area (TPSA) is 49.4 Å². The average molecular weight is 351 g/mol. The van der Waals surface area contributed by atoms with Crippen LogP contribution in [0.3, 0.4) is 0 Å². The van der Waals surface area contributed by atoms with Crippen molar-refractivity contribution < 1.29 is 9.59 Å². The van der Waals surface area contributed by atoms with Gasteiger partial charge in [-0.3, -0.25) is 9.59 Å². The van der Waals surface area contributed by atoms with E-state index in [9.17, 15) is 9.59 Å². The summed E-state index contributed by atoms with van der Waals surface area (Å²) in [4.78, 5) is 26.7. The molecule has 132 valence electrons. The minimum atomic E-state index is -0.736. The molecule has 1 aliphatic rings. The molecule has 2 amide bonds. The minimum Gasteiger partial charge on any atom is -0.354 e. The molecule has 4 nitrogen and oxygen atoms in total. The van der Waals surface area contributed by atoms with Crippen molar-refractivity contribution >= 4 is 23.4 Å². The monoisotopic (exact) mass is 350 g/mol. The highest BCUT2D eigenvalue weighted by Crippen LogP contribution is 2.30. The molecule has 1 aromatic rings. The molecule has 0 saturated carbocycles. The van der Waals surface area contributed by atoms with Gasteiger partial charge in [-0.2, -0.15) is 0 Å². The van der Waals surface area contributed by atoms with Crippen molar-refractivity contribution in [2.45, 2.75) is 52.0 Å². The van der Waals surface area contributed by atoms with Gasteiger partial charge >= 0.3 is 0 Å². The van der Waals surface area contributed by atoms with E-state index in [-0.39, 0.29) is 11.8 Å². The average Bonchev–Trinajstić information content (AvgIpc) is 2.83. The van der Waals surface area contributed by atoms with Crippen LogP contribution in [0.15, 0.2) is 24.3 Å². The number of nitrogens with zero attached hydrogens (tertiary/aromatic N) is 1. The summed E-state index contributed by atoms with van der Waals surface area (Å²) in [5.41, 5.74) is 0.377. The molecule has 1 aliphatic heterocycles. The van der Waals surface area contributed by atoms with Gasteiger partial charge in [-0.1, -0.05) is 37.6 Å². The summed E-state index contributed by atoms with van der Waals surface area (Å²) < 4.78 is 0. The first-order valence-corrected chi connectivity index (χ1v) is 9.04. The molecule has 1 N–H and O–H groups in total. The van der Waals surface area contributed by atoms with Crippen molar-refractivity contribution in [3.63, 3.8) is 0 Å². The normalized spacial score (nSPS) is 20.7. The Hall–Kier alpha value is -1.55. The lowest BCUT2D eigenvalue weighted by Crippen LogP contribution is -2.55. The summed E-state index contributed by atoms with van der Waals surface area (Å²) in [5, 5.41) is 3.70. The first-order valence-electron chi connectivity index (χ1n) is 8.66. The number of halogens is 1. The number of benzene rings is 1. The molecule has 1 fully saturated rings. The highest BCUT2D eigenvalue weighted by atomic mass is 35.5. The standard InChI is InChI=1S/C19H27ClN2O2/c1-14(2)9-12-21-18(24)19(3)11-8-17(23)22(19)13-10-15-4-6-16(20)7-5-15/h4-7,14H,8-13H2,1-3H3,(H,21,24)/t19-/m1/s1. The summed E-state index contributed by atoms with van der Waals surface area (Å²) in [6.07, 6.45) is 2.69. The van der Waals surface area contributed by atoms with Crippen molar-refractivity contribution in [3.8, 4) is 0 Å². The molecule has 0 aromatic heterocycles. The van der Waals surface area contributed by atoms with Crippen LogP contribution in [0.5, 0.6) is 0 Å². The number of likely N-dealkylation sites (tertiary alicyclic amines) is 1. The summed E-state index contributed by atoms with van der Waals surface area (Å²) in [6, 6.07) is 7.62. The zero-order chi connectivity index (χ0) is 17.7. The Labute approximate surface area is 149 Å². The first-order chi connectivity index (χ1) is 11.3. The molecule has 1 aromatic carbocycles. The van der Waals surface area contributed by atoms with Gasteiger partial charge in [-0.25, -0.2) is 0 Å². The van der Waals surface area contributed by atoms with E-state index in [4.69, 9.17) is 11.6 Å². The Morgan fingerprint density at radius 1 is 1.33 bits per heavy atom. The van der Waals surface area contributed by atoms with Crippen molar-refractivity contribution in [2.75, 3.05) is 13.1 Å². The molecule has 0 bridgehead atoms. The van der Waals surface area contributed by atoms with E-state index in [2.05, 4.69) is 19.2 Å². The van der Waals surface area contributed by atoms with Gasteiger partial charge in [0.05, 0.1) is 0 Å². The number of hydrogen-bond donors (Lipinski definition) is 1. The quantitative estimate of drug-likeness (QED) is 0.819. The van der Waals surface area contributed by atoms with E-state index in [1.165, 1.54) is 0 Å². The number of rotatable bonds is 7. The Morgan fingerprint density at radius 3 is 2.62 bits per heavy atom. The molecule has 2 rings (SSSR count). The van der Waals surface area contributed by atoms with Crippen molar-refractivity contribution in [1.29, 1.82) is 0 Å². The Balaban J connectivity index is 1.98. The fourth-order valence-corrected chi connectivity index (χ4v) is 3.19. The molecule has 0 unspecified atom stereocenters. The predicted octanol–water partition coefficient (Wildman–Crippen LogP) is 3.43. The minimum absolute atomic E-state index is 0.0369. The number of hydrogen-bond acceptors (Lipinski definition) is 2. The molecular weight excluding hydrogens is 324 g/mol. The predicted molar refractivity (Wildman–Crippen MR) is 97.0 cm³/mol. The molecule has 0 radical (unpaired) electrons. The van der Waals surface area contributed by atoms with E-state index in [0.29, 0.717) is 36.9 Å². The van der Waals surface area contributed by atoms with E-state index < -0.39 is 5.54 Å². The van der Waals surface area contributed by atoms with Crippen LogP contribution in [-0.2, 0) is 16.0 Å². The third-order valence-corrected chi connectivity index (χ3v) is 5.01. The second kappa shape index (κ2) is 8.02. The molecule has 1 atom stereocenters. The molecule has 1 heterocycles. The highest BCUT2D eigenvalue weighted by Gasteiger charge is 2.46. The molecule has 0 aliphatic carbocycles. The van der Waals surface area contributed by atoms with Crippen molar-refractivity contribution in [2.24, 2.45) is 5.92 Å². The van der Waals surface area contributed by atoms with Gasteiger partial charge in [0.2, 0.25) is 11.8 Å². The van der Waals surface area contributed by atoms with E-state index in [0.717, 1.165) is 18.4 Å². The second-order valence-electron chi connectivity index (χ2n) is 7.13. The largest absolute Gasteiger partial charge is 0.354 e. The van der Waals surface area contributed by atoms with Crippen LogP contribution in [0.4, 0.5) is 0 Å². The molecule has 0 spiro atoms. The Morgan fingerprint density at radius 2 is 2.00 bits per heavy atom. The third kappa shape index (κ3) is 4.50. The lowest BCUT2D eigenvalue weighted by molar-refractivity contribution is -0.140. The summed E-state index contributed by atoms with van der Waals surface area (Å²) in [7, 11) is 0. The Kier molecular flexibility index (Phi) is 6.27. The zero-order valence-corrected chi connectivity index (χ0v) is 15.5. The lowest BCUT2D eigenvalue weighted by atomic mass is 9.97. The van der Waals surface area contributed by atoms with Crippen molar-refractivity contribution in [1.82, 2.24) is 10.2 Å². The number of carbonyl (C=O) groups excluding carboxylic acids is 2. The smallest absolute Gasteiger partial charge is 0.245 e. The molecule has 1 saturated heterocycles. The van der Waals surface area contributed by atoms with Crippen LogP contribution in [-0.4, -0.2) is 35.3 Å². The summed E-state index contributed by atoms with van der Waals surface area (Å²) in [5.74, 6) is 0.569. The van der Waals surface area contributed by atoms with Gasteiger partial charge in [0.15, 0.2) is 0 Å². The number of amides is 2. The van der Waals surface area contributed by atoms with Crippen molar-refractivity contribution in [3.05, 3.63) is 34.9 Å². The third-order valence-electron chi connectivity index (χ3n) is 4.76. The zero-order valence-electron chi connectivity index (χ0n) is 14.8. The molecule has 24 heavy (non-hydrogen) atoms. The molecular formula is C19H27ClN2O2. The van der Waals surface area contributed by atoms with E-state index in [1.807, 2.05) is 31.2 Å². The molecule has 5 heteroatoms. The van der Waals surface area contributed by atoms with Gasteiger partial charge in [-0.15, -0.1) is 0 Å². The van der Waals surface area contributed by atoms with Gasteiger partial charge < -0.3 is 10.2 Å². The maximum Gasteiger partial charge on any atom is 0.245 e. The van der Waals surface area contributed by atoms with Gasteiger partial charge in [0.25, 0.3) is 0 Å². The van der Waals surface area contributed by atoms with Crippen LogP contribution < -0.4 is 5.32 Å². The van der Waals surface area contributed by atoms with Crippen LogP contribution in [0.1, 0.15) is 45.6 Å². The van der Waals surface area contributed by atoms with Crippen LogP contribution in [0, 0.1) is 5.92 Å². The fourth-order valence-electron chi connectivity index (χ4n) is 3.06. The maximum absolute atomic E-state index is 12.6. The number of nitrogens with one attached hydrogen (secondary N) is 1. The van der Waals surface area contributed by atoms with Gasteiger partial charge in [0, 0.05) is 24.5 Å².